The first kappa shape index (κ1) is 16.9. The van der Waals surface area contributed by atoms with E-state index in [1.54, 1.807) is 7.11 Å². The van der Waals surface area contributed by atoms with Crippen molar-refractivity contribution in [1.82, 2.24) is 0 Å². The second kappa shape index (κ2) is 13.5. The first-order chi connectivity index (χ1) is 7.50. The van der Waals surface area contributed by atoms with Gasteiger partial charge in [-0.25, -0.2) is 9.59 Å². The van der Waals surface area contributed by atoms with Gasteiger partial charge in [-0.15, -0.1) is 0 Å². The van der Waals surface area contributed by atoms with Crippen LogP contribution in [0.3, 0.4) is 0 Å². The van der Waals surface area contributed by atoms with Crippen molar-refractivity contribution in [3.8, 4) is 0 Å². The van der Waals surface area contributed by atoms with Crippen molar-refractivity contribution in [2.24, 2.45) is 0 Å². The SMILES string of the molecule is COCCOCCCOC(=O)O.O=C(O)O. The van der Waals surface area contributed by atoms with Gasteiger partial charge in [0, 0.05) is 20.1 Å². The summed E-state index contributed by atoms with van der Waals surface area (Å²) >= 11 is 0. The fourth-order valence-corrected chi connectivity index (χ4v) is 0.565. The van der Waals surface area contributed by atoms with Crippen molar-refractivity contribution in [3.05, 3.63) is 0 Å². The highest BCUT2D eigenvalue weighted by Gasteiger charge is 1.94. The number of hydrogen-bond donors (Lipinski definition) is 3. The number of carbonyl (C=O) groups is 2. The largest absolute Gasteiger partial charge is 0.505 e. The van der Waals surface area contributed by atoms with Gasteiger partial charge in [-0.2, -0.15) is 0 Å². The van der Waals surface area contributed by atoms with Crippen LogP contribution in [-0.4, -0.2) is 61.2 Å². The molecule has 0 aliphatic rings. The summed E-state index contributed by atoms with van der Waals surface area (Å²) in [7, 11) is 1.59. The summed E-state index contributed by atoms with van der Waals surface area (Å²) < 4.78 is 14.0. The quantitative estimate of drug-likeness (QED) is 0.444. The summed E-state index contributed by atoms with van der Waals surface area (Å²) in [6.07, 6.45) is -2.50. The second-order valence-electron chi connectivity index (χ2n) is 2.36. The van der Waals surface area contributed by atoms with E-state index in [1.165, 1.54) is 0 Å². The van der Waals surface area contributed by atoms with E-state index in [1.807, 2.05) is 0 Å². The van der Waals surface area contributed by atoms with Gasteiger partial charge in [0.05, 0.1) is 19.8 Å². The molecule has 0 rings (SSSR count). The van der Waals surface area contributed by atoms with Crippen LogP contribution in [0, 0.1) is 0 Å². The molecule has 0 radical (unpaired) electrons. The zero-order valence-electron chi connectivity index (χ0n) is 8.92. The molecular formula is C8H16O8. The van der Waals surface area contributed by atoms with Gasteiger partial charge in [0.2, 0.25) is 0 Å². The summed E-state index contributed by atoms with van der Waals surface area (Å²) in [5.74, 6) is 0. The summed E-state index contributed by atoms with van der Waals surface area (Å²) in [5, 5.41) is 22.0. The van der Waals surface area contributed by atoms with Crippen molar-refractivity contribution in [1.29, 1.82) is 0 Å². The number of carboxylic acid groups (broad SMARTS) is 3. The summed E-state index contributed by atoms with van der Waals surface area (Å²) in [6.45, 7) is 1.77. The lowest BCUT2D eigenvalue weighted by Gasteiger charge is -2.02. The standard InChI is InChI=1S/C7H14O5.CH2O3/c1-10-5-6-11-3-2-4-12-7(8)9;2-1(3)4/h2-6H2,1H3,(H,8,9);(H2,2,3,4). The maximum Gasteiger partial charge on any atom is 0.505 e. The lowest BCUT2D eigenvalue weighted by molar-refractivity contribution is 0.0512. The molecule has 0 aliphatic heterocycles. The van der Waals surface area contributed by atoms with Crippen molar-refractivity contribution >= 4 is 12.3 Å². The Kier molecular flexibility index (Phi) is 14.2. The second-order valence-corrected chi connectivity index (χ2v) is 2.36. The molecule has 0 aromatic heterocycles. The molecule has 0 heterocycles. The molecule has 0 fully saturated rings. The van der Waals surface area contributed by atoms with Crippen LogP contribution in [0.2, 0.25) is 0 Å². The van der Waals surface area contributed by atoms with Crippen LogP contribution in [0.1, 0.15) is 6.42 Å². The van der Waals surface area contributed by atoms with Gasteiger partial charge in [-0.3, -0.25) is 0 Å². The lowest BCUT2D eigenvalue weighted by Crippen LogP contribution is -2.07. The van der Waals surface area contributed by atoms with Crippen molar-refractivity contribution in [3.63, 3.8) is 0 Å². The van der Waals surface area contributed by atoms with Crippen LogP contribution < -0.4 is 0 Å². The van der Waals surface area contributed by atoms with Gasteiger partial charge in [-0.05, 0) is 0 Å². The molecule has 0 amide bonds. The zero-order valence-corrected chi connectivity index (χ0v) is 8.92. The van der Waals surface area contributed by atoms with Gasteiger partial charge in [-0.1, -0.05) is 0 Å². The molecule has 0 aliphatic carbocycles. The van der Waals surface area contributed by atoms with E-state index >= 15 is 0 Å². The van der Waals surface area contributed by atoms with E-state index in [9.17, 15) is 4.79 Å². The lowest BCUT2D eigenvalue weighted by atomic mass is 10.5. The third kappa shape index (κ3) is 29.4. The van der Waals surface area contributed by atoms with Gasteiger partial charge in [0.15, 0.2) is 0 Å². The molecule has 3 N–H and O–H groups in total. The number of methoxy groups -OCH3 is 1. The number of hydrogen-bond acceptors (Lipinski definition) is 5. The topological polar surface area (TPSA) is 123 Å². The van der Waals surface area contributed by atoms with Crippen LogP contribution in [0.25, 0.3) is 0 Å². The third-order valence-electron chi connectivity index (χ3n) is 1.09. The van der Waals surface area contributed by atoms with Crippen molar-refractivity contribution in [2.75, 3.05) is 33.5 Å². The monoisotopic (exact) mass is 240 g/mol. The predicted octanol–water partition coefficient (Wildman–Crippen LogP) is 0.957. The van der Waals surface area contributed by atoms with Crippen LogP contribution in [0.15, 0.2) is 0 Å². The van der Waals surface area contributed by atoms with E-state index in [0.29, 0.717) is 26.2 Å². The Bertz CT molecular complexity index is 177. The maximum atomic E-state index is 9.85. The molecule has 0 saturated heterocycles. The minimum absolute atomic E-state index is 0.183. The molecule has 0 aromatic carbocycles. The fraction of sp³-hybridized carbons (Fsp3) is 0.750. The van der Waals surface area contributed by atoms with Gasteiger partial charge >= 0.3 is 12.3 Å². The fourth-order valence-electron chi connectivity index (χ4n) is 0.565. The van der Waals surface area contributed by atoms with E-state index in [-0.39, 0.29) is 6.61 Å². The highest BCUT2D eigenvalue weighted by molar-refractivity contribution is 5.56. The summed E-state index contributed by atoms with van der Waals surface area (Å²) in [5.41, 5.74) is 0. The molecule has 8 heteroatoms. The molecule has 0 bridgehead atoms. The molecule has 96 valence electrons. The maximum absolute atomic E-state index is 9.85. The molecule has 8 nitrogen and oxygen atoms in total. The van der Waals surface area contributed by atoms with Gasteiger partial charge < -0.3 is 29.5 Å². The Balaban J connectivity index is 0. The van der Waals surface area contributed by atoms with Crippen LogP contribution in [0.4, 0.5) is 9.59 Å². The Morgan fingerprint density at radius 1 is 1.00 bits per heavy atom. The van der Waals surface area contributed by atoms with Gasteiger partial charge in [0.1, 0.15) is 0 Å². The molecule has 0 atom stereocenters. The first-order valence-corrected chi connectivity index (χ1v) is 4.35. The Morgan fingerprint density at radius 3 is 2.00 bits per heavy atom. The summed E-state index contributed by atoms with van der Waals surface area (Å²) in [6, 6.07) is 0. The van der Waals surface area contributed by atoms with Crippen molar-refractivity contribution < 1.29 is 39.1 Å². The van der Waals surface area contributed by atoms with E-state index in [0.717, 1.165) is 0 Å². The smallest absolute Gasteiger partial charge is 0.450 e. The molecule has 0 saturated carbocycles. The molecule has 0 unspecified atom stereocenters. The third-order valence-corrected chi connectivity index (χ3v) is 1.09. The normalized spacial score (nSPS) is 8.81. The van der Waals surface area contributed by atoms with E-state index in [2.05, 4.69) is 4.74 Å². The highest BCUT2D eigenvalue weighted by atomic mass is 16.7. The molecular weight excluding hydrogens is 224 g/mol. The average molecular weight is 240 g/mol. The average Bonchev–Trinajstić information content (AvgIpc) is 2.15. The van der Waals surface area contributed by atoms with E-state index < -0.39 is 12.3 Å². The van der Waals surface area contributed by atoms with Crippen molar-refractivity contribution in [2.45, 2.75) is 6.42 Å². The number of rotatable bonds is 7. The van der Waals surface area contributed by atoms with E-state index in [4.69, 9.17) is 29.6 Å². The Hall–Kier alpha value is -1.54. The summed E-state index contributed by atoms with van der Waals surface area (Å²) in [4.78, 5) is 18.4. The molecule has 0 aromatic rings. The molecule has 0 spiro atoms. The minimum atomic E-state index is -1.83. The predicted molar refractivity (Wildman–Crippen MR) is 51.9 cm³/mol. The number of ether oxygens (including phenoxy) is 3. The Labute approximate surface area is 92.3 Å². The van der Waals surface area contributed by atoms with Crippen LogP contribution >= 0.6 is 0 Å². The first-order valence-electron chi connectivity index (χ1n) is 4.35. The van der Waals surface area contributed by atoms with Gasteiger partial charge in [0.25, 0.3) is 0 Å². The minimum Gasteiger partial charge on any atom is -0.450 e. The van der Waals surface area contributed by atoms with Crippen LogP contribution in [-0.2, 0) is 14.2 Å². The Morgan fingerprint density at radius 2 is 1.56 bits per heavy atom. The van der Waals surface area contributed by atoms with Crippen LogP contribution in [0.5, 0.6) is 0 Å². The zero-order chi connectivity index (χ0) is 12.8. The highest BCUT2D eigenvalue weighted by Crippen LogP contribution is 1.85. The molecule has 16 heavy (non-hydrogen) atoms.